The van der Waals surface area contributed by atoms with Gasteiger partial charge in [-0.1, -0.05) is 30.3 Å². The minimum absolute atomic E-state index is 0.553. The molecule has 0 aliphatic carbocycles. The first kappa shape index (κ1) is 16.1. The zero-order valence-corrected chi connectivity index (χ0v) is 14.1. The van der Waals surface area contributed by atoms with Gasteiger partial charge >= 0.3 is 0 Å². The monoisotopic (exact) mass is 357 g/mol. The molecule has 0 aromatic heterocycles. The zero-order valence-electron chi connectivity index (χ0n) is 12.5. The molecule has 3 nitrogen and oxygen atoms in total. The summed E-state index contributed by atoms with van der Waals surface area (Å²) >= 11 is 3.49. The normalized spacial score (nSPS) is 10.9. The maximum atomic E-state index is 9.39. The highest BCUT2D eigenvalue weighted by Crippen LogP contribution is 2.37. The largest absolute Gasteiger partial charge is 0.493 e. The molecule has 112 valence electrons. The van der Waals surface area contributed by atoms with Crippen LogP contribution in [0, 0.1) is 11.3 Å². The summed E-state index contributed by atoms with van der Waals surface area (Å²) in [6.45, 7) is 2.47. The first-order valence-electron chi connectivity index (χ1n) is 6.87. The van der Waals surface area contributed by atoms with Crippen LogP contribution in [-0.4, -0.2) is 13.7 Å². The number of ether oxygens (including phenoxy) is 2. The SMILES string of the molecule is CCOc1c(Br)cc(/C=C(/C#N)c2ccccc2)cc1OC. The van der Waals surface area contributed by atoms with Crippen molar-refractivity contribution >= 4 is 27.6 Å². The third-order valence-corrected chi connectivity index (χ3v) is 3.65. The average Bonchev–Trinajstić information content (AvgIpc) is 2.55. The Morgan fingerprint density at radius 3 is 2.59 bits per heavy atom. The van der Waals surface area contributed by atoms with Crippen LogP contribution >= 0.6 is 15.9 Å². The van der Waals surface area contributed by atoms with E-state index in [1.165, 1.54) is 0 Å². The highest BCUT2D eigenvalue weighted by atomic mass is 79.9. The topological polar surface area (TPSA) is 42.2 Å². The van der Waals surface area contributed by atoms with E-state index in [1.807, 2.05) is 55.5 Å². The Kier molecular flexibility index (Phi) is 5.62. The lowest BCUT2D eigenvalue weighted by Gasteiger charge is -2.12. The smallest absolute Gasteiger partial charge is 0.175 e. The summed E-state index contributed by atoms with van der Waals surface area (Å²) in [5, 5.41) is 9.39. The van der Waals surface area contributed by atoms with Crippen LogP contribution in [0.4, 0.5) is 0 Å². The highest BCUT2D eigenvalue weighted by Gasteiger charge is 2.11. The lowest BCUT2D eigenvalue weighted by molar-refractivity contribution is 0.309. The van der Waals surface area contributed by atoms with Crippen molar-refractivity contribution in [2.24, 2.45) is 0 Å². The third kappa shape index (κ3) is 3.69. The van der Waals surface area contributed by atoms with Gasteiger partial charge in [-0.05, 0) is 52.2 Å². The average molecular weight is 358 g/mol. The Balaban J connectivity index is 2.47. The van der Waals surface area contributed by atoms with Crippen molar-refractivity contribution < 1.29 is 9.47 Å². The summed E-state index contributed by atoms with van der Waals surface area (Å²) in [6, 6.07) is 15.6. The summed E-state index contributed by atoms with van der Waals surface area (Å²) < 4.78 is 11.7. The predicted octanol–water partition coefficient (Wildman–Crippen LogP) is 4.92. The van der Waals surface area contributed by atoms with E-state index < -0.39 is 0 Å². The number of rotatable bonds is 5. The molecule has 0 atom stereocenters. The molecule has 0 bridgehead atoms. The van der Waals surface area contributed by atoms with Gasteiger partial charge in [0.25, 0.3) is 0 Å². The quantitative estimate of drug-likeness (QED) is 0.563. The fraction of sp³-hybridized carbons (Fsp3) is 0.167. The van der Waals surface area contributed by atoms with Gasteiger partial charge in [0.2, 0.25) is 0 Å². The molecule has 2 rings (SSSR count). The molecule has 0 N–H and O–H groups in total. The van der Waals surface area contributed by atoms with E-state index in [0.717, 1.165) is 15.6 Å². The van der Waals surface area contributed by atoms with Crippen LogP contribution in [0.3, 0.4) is 0 Å². The Morgan fingerprint density at radius 2 is 2.00 bits per heavy atom. The van der Waals surface area contributed by atoms with Crippen LogP contribution in [0.2, 0.25) is 0 Å². The van der Waals surface area contributed by atoms with E-state index >= 15 is 0 Å². The van der Waals surface area contributed by atoms with E-state index in [1.54, 1.807) is 7.11 Å². The summed E-state index contributed by atoms with van der Waals surface area (Å²) in [4.78, 5) is 0. The molecule has 2 aromatic rings. The number of benzene rings is 2. The van der Waals surface area contributed by atoms with Crippen molar-refractivity contribution in [2.75, 3.05) is 13.7 Å². The maximum Gasteiger partial charge on any atom is 0.175 e. The fourth-order valence-electron chi connectivity index (χ4n) is 2.07. The molecule has 0 saturated carbocycles. The Morgan fingerprint density at radius 1 is 1.27 bits per heavy atom. The molecule has 0 heterocycles. The van der Waals surface area contributed by atoms with E-state index in [0.29, 0.717) is 23.7 Å². The van der Waals surface area contributed by atoms with Crippen molar-refractivity contribution in [3.8, 4) is 17.6 Å². The van der Waals surface area contributed by atoms with Gasteiger partial charge in [-0.2, -0.15) is 5.26 Å². The van der Waals surface area contributed by atoms with Crippen LogP contribution < -0.4 is 9.47 Å². The second-order valence-electron chi connectivity index (χ2n) is 4.50. The molecule has 2 aromatic carbocycles. The minimum Gasteiger partial charge on any atom is -0.493 e. The molecule has 0 fully saturated rings. The summed E-state index contributed by atoms with van der Waals surface area (Å²) in [5.74, 6) is 1.30. The molecule has 0 aliphatic heterocycles. The third-order valence-electron chi connectivity index (χ3n) is 3.06. The molecule has 0 saturated heterocycles. The number of nitrogens with zero attached hydrogens (tertiary/aromatic N) is 1. The van der Waals surface area contributed by atoms with Crippen molar-refractivity contribution in [1.82, 2.24) is 0 Å². The second-order valence-corrected chi connectivity index (χ2v) is 5.36. The molecular formula is C18H16BrNO2. The number of hydrogen-bond acceptors (Lipinski definition) is 3. The fourth-order valence-corrected chi connectivity index (χ4v) is 2.65. The van der Waals surface area contributed by atoms with E-state index in [-0.39, 0.29) is 0 Å². The van der Waals surface area contributed by atoms with Crippen LogP contribution in [0.5, 0.6) is 11.5 Å². The lowest BCUT2D eigenvalue weighted by Crippen LogP contribution is -1.97. The summed E-state index contributed by atoms with van der Waals surface area (Å²) in [6.07, 6.45) is 1.83. The molecule has 22 heavy (non-hydrogen) atoms. The van der Waals surface area contributed by atoms with Crippen LogP contribution in [0.1, 0.15) is 18.1 Å². The summed E-state index contributed by atoms with van der Waals surface area (Å²) in [5.41, 5.74) is 2.35. The molecule has 0 aliphatic rings. The number of hydrogen-bond donors (Lipinski definition) is 0. The highest BCUT2D eigenvalue weighted by molar-refractivity contribution is 9.10. The van der Waals surface area contributed by atoms with Gasteiger partial charge in [0.15, 0.2) is 11.5 Å². The van der Waals surface area contributed by atoms with Gasteiger partial charge in [-0.25, -0.2) is 0 Å². The maximum absolute atomic E-state index is 9.39. The zero-order chi connectivity index (χ0) is 15.9. The van der Waals surface area contributed by atoms with E-state index in [4.69, 9.17) is 9.47 Å². The van der Waals surface area contributed by atoms with Gasteiger partial charge < -0.3 is 9.47 Å². The second kappa shape index (κ2) is 7.67. The van der Waals surface area contributed by atoms with Crippen molar-refractivity contribution in [1.29, 1.82) is 5.26 Å². The molecule has 4 heteroatoms. The van der Waals surface area contributed by atoms with Crippen LogP contribution in [-0.2, 0) is 0 Å². The van der Waals surface area contributed by atoms with Crippen molar-refractivity contribution in [3.05, 3.63) is 58.1 Å². The molecule has 0 radical (unpaired) electrons. The standard InChI is InChI=1S/C18H16BrNO2/c1-3-22-18-16(19)10-13(11-17(18)21-2)9-15(12-20)14-7-5-4-6-8-14/h4-11H,3H2,1-2H3/b15-9-. The van der Waals surface area contributed by atoms with Gasteiger partial charge in [0.1, 0.15) is 0 Å². The number of methoxy groups -OCH3 is 1. The summed E-state index contributed by atoms with van der Waals surface area (Å²) in [7, 11) is 1.60. The van der Waals surface area contributed by atoms with Gasteiger partial charge in [0.05, 0.1) is 29.8 Å². The lowest BCUT2D eigenvalue weighted by atomic mass is 10.0. The van der Waals surface area contributed by atoms with Crippen LogP contribution in [0.15, 0.2) is 46.9 Å². The van der Waals surface area contributed by atoms with E-state index in [2.05, 4.69) is 22.0 Å². The Bertz CT molecular complexity index is 718. The molecular weight excluding hydrogens is 342 g/mol. The molecule has 0 amide bonds. The van der Waals surface area contributed by atoms with Crippen LogP contribution in [0.25, 0.3) is 11.6 Å². The molecule has 0 unspecified atom stereocenters. The van der Waals surface area contributed by atoms with Gasteiger partial charge in [-0.15, -0.1) is 0 Å². The Labute approximate surface area is 138 Å². The van der Waals surface area contributed by atoms with E-state index in [9.17, 15) is 5.26 Å². The van der Waals surface area contributed by atoms with Crippen molar-refractivity contribution in [2.45, 2.75) is 6.92 Å². The number of nitriles is 1. The predicted molar refractivity (Wildman–Crippen MR) is 91.8 cm³/mol. The van der Waals surface area contributed by atoms with Crippen molar-refractivity contribution in [3.63, 3.8) is 0 Å². The van der Waals surface area contributed by atoms with Gasteiger partial charge in [-0.3, -0.25) is 0 Å². The number of halogens is 1. The van der Waals surface area contributed by atoms with Gasteiger partial charge in [0, 0.05) is 0 Å². The first-order valence-corrected chi connectivity index (χ1v) is 7.66. The first-order chi connectivity index (χ1) is 10.7. The number of allylic oxidation sites excluding steroid dienone is 1. The minimum atomic E-state index is 0.553. The Hall–Kier alpha value is -2.25. The molecule has 0 spiro atoms.